The number of nitrogens with zero attached hydrogens (tertiary/aromatic N) is 5. The molecule has 0 aliphatic carbocycles. The summed E-state index contributed by atoms with van der Waals surface area (Å²) >= 11 is 0. The minimum absolute atomic E-state index is 0.123. The lowest BCUT2D eigenvalue weighted by molar-refractivity contribution is -0.388. The van der Waals surface area contributed by atoms with Crippen LogP contribution in [0, 0.1) is 17.0 Å². The summed E-state index contributed by atoms with van der Waals surface area (Å²) in [6.45, 7) is 3.19. The zero-order valence-electron chi connectivity index (χ0n) is 10.9. The van der Waals surface area contributed by atoms with E-state index < -0.39 is 4.92 Å². The van der Waals surface area contributed by atoms with Crippen LogP contribution in [0.4, 0.5) is 11.6 Å². The van der Waals surface area contributed by atoms with E-state index in [4.69, 9.17) is 0 Å². The fraction of sp³-hybridized carbons (Fsp3) is 0.455. The van der Waals surface area contributed by atoms with E-state index in [2.05, 4.69) is 15.3 Å². The number of aromatic nitrogens is 4. The summed E-state index contributed by atoms with van der Waals surface area (Å²) < 4.78 is 3.65. The average molecular weight is 264 g/mol. The van der Waals surface area contributed by atoms with Gasteiger partial charge in [-0.05, 0) is 16.3 Å². The molecule has 2 aromatic rings. The van der Waals surface area contributed by atoms with E-state index in [9.17, 15) is 10.1 Å². The van der Waals surface area contributed by atoms with Gasteiger partial charge >= 0.3 is 5.82 Å². The van der Waals surface area contributed by atoms with Gasteiger partial charge < -0.3 is 20.0 Å². The molecular formula is C11H16N6O2. The minimum atomic E-state index is -0.467. The molecule has 0 saturated carbocycles. The molecule has 102 valence electrons. The van der Waals surface area contributed by atoms with Crippen LogP contribution in [0.2, 0.25) is 0 Å². The first kappa shape index (κ1) is 13.1. The predicted octanol–water partition coefficient (Wildman–Crippen LogP) is 1.34. The van der Waals surface area contributed by atoms with Crippen LogP contribution in [0.25, 0.3) is 0 Å². The van der Waals surface area contributed by atoms with Gasteiger partial charge in [-0.3, -0.25) is 4.57 Å². The molecule has 8 heteroatoms. The van der Waals surface area contributed by atoms with Gasteiger partial charge in [0.25, 0.3) is 0 Å². The largest absolute Gasteiger partial charge is 0.406 e. The van der Waals surface area contributed by atoms with Crippen molar-refractivity contribution in [2.45, 2.75) is 19.9 Å². The molecule has 2 heterocycles. The molecule has 2 rings (SSSR count). The van der Waals surface area contributed by atoms with Crippen molar-refractivity contribution in [3.63, 3.8) is 0 Å². The molecule has 0 aliphatic rings. The fourth-order valence-electron chi connectivity index (χ4n) is 1.81. The van der Waals surface area contributed by atoms with Crippen LogP contribution in [0.15, 0.2) is 18.7 Å². The summed E-state index contributed by atoms with van der Waals surface area (Å²) in [5.41, 5.74) is 0. The van der Waals surface area contributed by atoms with Crippen molar-refractivity contribution in [3.05, 3.63) is 34.7 Å². The highest BCUT2D eigenvalue weighted by Gasteiger charge is 2.22. The monoisotopic (exact) mass is 264 g/mol. The average Bonchev–Trinajstić information content (AvgIpc) is 2.97. The molecule has 0 bridgehead atoms. The lowest BCUT2D eigenvalue weighted by atomic mass is 10.4. The maximum atomic E-state index is 10.9. The Kier molecular flexibility index (Phi) is 3.79. The van der Waals surface area contributed by atoms with Crippen molar-refractivity contribution in [2.75, 3.05) is 11.9 Å². The molecule has 0 amide bonds. The van der Waals surface area contributed by atoms with Gasteiger partial charge in [0.15, 0.2) is 0 Å². The molecule has 0 fully saturated rings. The number of hydrogen-bond donors (Lipinski definition) is 1. The van der Waals surface area contributed by atoms with E-state index in [0.29, 0.717) is 18.2 Å². The standard InChI is InChI=1S/C11H16N6O2/c1-9-14-11(17(18)19)10(15(9)2)13-4-3-6-16-7-5-12-8-16/h5,7-8,13H,3-4,6H2,1-2H3. The second-order valence-electron chi connectivity index (χ2n) is 4.23. The van der Waals surface area contributed by atoms with Gasteiger partial charge in [-0.2, -0.15) is 0 Å². The van der Waals surface area contributed by atoms with Crippen LogP contribution in [0.5, 0.6) is 0 Å². The smallest absolute Gasteiger partial charge is 0.364 e. The van der Waals surface area contributed by atoms with Crippen LogP contribution in [0.3, 0.4) is 0 Å². The molecule has 2 aromatic heterocycles. The number of imidazole rings is 2. The second-order valence-corrected chi connectivity index (χ2v) is 4.23. The van der Waals surface area contributed by atoms with Crippen LogP contribution < -0.4 is 5.32 Å². The van der Waals surface area contributed by atoms with Gasteiger partial charge in [-0.15, -0.1) is 0 Å². The highest BCUT2D eigenvalue weighted by molar-refractivity contribution is 5.53. The molecule has 0 unspecified atom stereocenters. The maximum absolute atomic E-state index is 10.9. The van der Waals surface area contributed by atoms with Gasteiger partial charge in [-0.25, -0.2) is 4.98 Å². The highest BCUT2D eigenvalue weighted by Crippen LogP contribution is 2.23. The Morgan fingerprint density at radius 1 is 1.53 bits per heavy atom. The van der Waals surface area contributed by atoms with Crippen LogP contribution in [-0.2, 0) is 13.6 Å². The van der Waals surface area contributed by atoms with E-state index in [1.54, 1.807) is 31.1 Å². The number of nitro groups is 1. The first-order valence-corrected chi connectivity index (χ1v) is 5.97. The maximum Gasteiger partial charge on any atom is 0.406 e. The van der Waals surface area contributed by atoms with Gasteiger partial charge in [0, 0.05) is 39.5 Å². The first-order valence-electron chi connectivity index (χ1n) is 5.97. The Morgan fingerprint density at radius 3 is 2.95 bits per heavy atom. The van der Waals surface area contributed by atoms with Crippen molar-refractivity contribution in [1.29, 1.82) is 0 Å². The molecule has 0 radical (unpaired) electrons. The van der Waals surface area contributed by atoms with Gasteiger partial charge in [-0.1, -0.05) is 0 Å². The van der Waals surface area contributed by atoms with E-state index in [-0.39, 0.29) is 5.82 Å². The van der Waals surface area contributed by atoms with Crippen molar-refractivity contribution in [3.8, 4) is 0 Å². The lowest BCUT2D eigenvalue weighted by Gasteiger charge is -2.07. The van der Waals surface area contributed by atoms with Crippen molar-refractivity contribution < 1.29 is 4.92 Å². The van der Waals surface area contributed by atoms with Crippen molar-refractivity contribution in [1.82, 2.24) is 19.1 Å². The summed E-state index contributed by atoms with van der Waals surface area (Å²) in [6, 6.07) is 0. The summed E-state index contributed by atoms with van der Waals surface area (Å²) in [7, 11) is 1.76. The Balaban J connectivity index is 1.93. The van der Waals surface area contributed by atoms with E-state index in [1.807, 2.05) is 10.8 Å². The molecule has 8 nitrogen and oxygen atoms in total. The minimum Gasteiger partial charge on any atom is -0.364 e. The third kappa shape index (κ3) is 2.90. The zero-order chi connectivity index (χ0) is 13.8. The Morgan fingerprint density at radius 2 is 2.32 bits per heavy atom. The molecule has 0 aromatic carbocycles. The SMILES string of the molecule is Cc1nc([N+](=O)[O-])c(NCCCn2ccnc2)n1C. The number of nitrogens with one attached hydrogen (secondary N) is 1. The van der Waals surface area contributed by atoms with E-state index >= 15 is 0 Å². The quantitative estimate of drug-likeness (QED) is 0.483. The fourth-order valence-corrected chi connectivity index (χ4v) is 1.81. The Labute approximate surface area is 110 Å². The third-order valence-electron chi connectivity index (χ3n) is 2.92. The van der Waals surface area contributed by atoms with Gasteiger partial charge in [0.2, 0.25) is 11.6 Å². The van der Waals surface area contributed by atoms with Crippen molar-refractivity contribution >= 4 is 11.6 Å². The third-order valence-corrected chi connectivity index (χ3v) is 2.92. The second kappa shape index (κ2) is 5.51. The van der Waals surface area contributed by atoms with Gasteiger partial charge in [0.05, 0.1) is 6.33 Å². The molecule has 19 heavy (non-hydrogen) atoms. The number of rotatable bonds is 6. The zero-order valence-corrected chi connectivity index (χ0v) is 10.9. The topological polar surface area (TPSA) is 90.8 Å². The van der Waals surface area contributed by atoms with Crippen molar-refractivity contribution in [2.24, 2.45) is 7.05 Å². The summed E-state index contributed by atoms with van der Waals surface area (Å²) in [5.74, 6) is 0.944. The molecule has 0 spiro atoms. The summed E-state index contributed by atoms with van der Waals surface area (Å²) in [4.78, 5) is 18.3. The summed E-state index contributed by atoms with van der Waals surface area (Å²) in [6.07, 6.45) is 6.20. The van der Waals surface area contributed by atoms with Crippen LogP contribution in [-0.4, -0.2) is 30.6 Å². The van der Waals surface area contributed by atoms with Crippen LogP contribution >= 0.6 is 0 Å². The number of aryl methyl sites for hydroxylation is 2. The Bertz CT molecular complexity index is 560. The van der Waals surface area contributed by atoms with E-state index in [0.717, 1.165) is 13.0 Å². The highest BCUT2D eigenvalue weighted by atomic mass is 16.6. The number of hydrogen-bond acceptors (Lipinski definition) is 5. The van der Waals surface area contributed by atoms with E-state index in [1.165, 1.54) is 0 Å². The van der Waals surface area contributed by atoms with Crippen LogP contribution in [0.1, 0.15) is 12.2 Å². The molecule has 0 atom stereocenters. The lowest BCUT2D eigenvalue weighted by Crippen LogP contribution is -2.10. The molecule has 0 saturated heterocycles. The first-order chi connectivity index (χ1) is 9.09. The normalized spacial score (nSPS) is 10.6. The number of anilines is 1. The summed E-state index contributed by atoms with van der Waals surface area (Å²) in [5, 5.41) is 14.0. The Hall–Kier alpha value is -2.38. The molecular weight excluding hydrogens is 248 g/mol. The molecule has 0 aliphatic heterocycles. The molecule has 1 N–H and O–H groups in total. The van der Waals surface area contributed by atoms with Gasteiger partial charge in [0.1, 0.15) is 0 Å². The predicted molar refractivity (Wildman–Crippen MR) is 69.9 cm³/mol.